The first-order valence-corrected chi connectivity index (χ1v) is 5.96. The predicted octanol–water partition coefficient (Wildman–Crippen LogP) is 1.59. The number of ether oxygens (including phenoxy) is 1. The van der Waals surface area contributed by atoms with Crippen LogP contribution in [0.25, 0.3) is 0 Å². The van der Waals surface area contributed by atoms with Crippen LogP contribution in [0.1, 0.15) is 30.3 Å². The average molecular weight is 253 g/mol. The van der Waals surface area contributed by atoms with Crippen molar-refractivity contribution in [3.63, 3.8) is 0 Å². The molecule has 0 aliphatic carbocycles. The molecule has 0 radical (unpaired) electrons. The van der Waals surface area contributed by atoms with Gasteiger partial charge in [-0.05, 0) is 25.0 Å². The van der Waals surface area contributed by atoms with E-state index in [1.54, 1.807) is 0 Å². The standard InChI is InChI=1S/C12H19N3O3/c1-2-7-18-8-3-6-14-11-9(13)4-5-10(15-11)12(16)17/h4-5H,2-3,6-8,13H2,1H3,(H,14,15)(H,16,17). The molecule has 0 bridgehead atoms. The Morgan fingerprint density at radius 3 is 2.94 bits per heavy atom. The van der Waals surface area contributed by atoms with Crippen molar-refractivity contribution in [3.8, 4) is 0 Å². The van der Waals surface area contributed by atoms with Crippen molar-refractivity contribution in [3.05, 3.63) is 17.8 Å². The summed E-state index contributed by atoms with van der Waals surface area (Å²) >= 11 is 0. The number of aromatic nitrogens is 1. The molecule has 1 heterocycles. The Morgan fingerprint density at radius 1 is 1.50 bits per heavy atom. The highest BCUT2D eigenvalue weighted by atomic mass is 16.5. The predicted molar refractivity (Wildman–Crippen MR) is 69.8 cm³/mol. The Balaban J connectivity index is 2.41. The van der Waals surface area contributed by atoms with Crippen LogP contribution < -0.4 is 11.1 Å². The number of nitrogens with zero attached hydrogens (tertiary/aromatic N) is 1. The molecule has 0 aliphatic heterocycles. The highest BCUT2D eigenvalue weighted by Gasteiger charge is 2.07. The van der Waals surface area contributed by atoms with Gasteiger partial charge in [0.05, 0.1) is 5.69 Å². The molecule has 0 aromatic carbocycles. The second-order valence-electron chi connectivity index (χ2n) is 3.83. The minimum Gasteiger partial charge on any atom is -0.477 e. The monoisotopic (exact) mass is 253 g/mol. The Bertz CT molecular complexity index is 396. The minimum atomic E-state index is -1.07. The molecular formula is C12H19N3O3. The lowest BCUT2D eigenvalue weighted by Crippen LogP contribution is -2.11. The molecule has 18 heavy (non-hydrogen) atoms. The molecule has 0 saturated carbocycles. The Labute approximate surface area is 106 Å². The van der Waals surface area contributed by atoms with Crippen molar-refractivity contribution >= 4 is 17.5 Å². The number of anilines is 2. The van der Waals surface area contributed by atoms with Gasteiger partial charge in [0.1, 0.15) is 5.82 Å². The van der Waals surface area contributed by atoms with Crippen LogP contribution >= 0.6 is 0 Å². The Morgan fingerprint density at radius 2 is 2.28 bits per heavy atom. The smallest absolute Gasteiger partial charge is 0.354 e. The number of carboxylic acids is 1. The number of pyridine rings is 1. The molecular weight excluding hydrogens is 234 g/mol. The zero-order chi connectivity index (χ0) is 13.4. The number of rotatable bonds is 8. The number of nitrogen functional groups attached to an aromatic ring is 1. The number of hydrogen-bond donors (Lipinski definition) is 3. The van der Waals surface area contributed by atoms with E-state index in [2.05, 4.69) is 17.2 Å². The summed E-state index contributed by atoms with van der Waals surface area (Å²) in [7, 11) is 0. The maximum atomic E-state index is 10.8. The van der Waals surface area contributed by atoms with E-state index in [-0.39, 0.29) is 5.69 Å². The van der Waals surface area contributed by atoms with Crippen LogP contribution in [-0.2, 0) is 4.74 Å². The second kappa shape index (κ2) is 7.50. The molecule has 6 heteroatoms. The van der Waals surface area contributed by atoms with Gasteiger partial charge in [-0.1, -0.05) is 6.92 Å². The lowest BCUT2D eigenvalue weighted by Gasteiger charge is -2.09. The minimum absolute atomic E-state index is 0.0195. The fourth-order valence-corrected chi connectivity index (χ4v) is 1.36. The number of nitrogens with two attached hydrogens (primary N) is 1. The molecule has 6 nitrogen and oxygen atoms in total. The van der Waals surface area contributed by atoms with Crippen molar-refractivity contribution < 1.29 is 14.6 Å². The van der Waals surface area contributed by atoms with Gasteiger partial charge in [-0.15, -0.1) is 0 Å². The average Bonchev–Trinajstić information content (AvgIpc) is 2.35. The molecule has 1 rings (SSSR count). The van der Waals surface area contributed by atoms with E-state index in [0.29, 0.717) is 24.7 Å². The van der Waals surface area contributed by atoms with E-state index in [1.807, 2.05) is 0 Å². The highest BCUT2D eigenvalue weighted by molar-refractivity contribution is 5.86. The van der Waals surface area contributed by atoms with Gasteiger partial charge in [-0.2, -0.15) is 0 Å². The summed E-state index contributed by atoms with van der Waals surface area (Å²) in [6.45, 7) is 4.12. The molecule has 0 unspecified atom stereocenters. The highest BCUT2D eigenvalue weighted by Crippen LogP contribution is 2.15. The van der Waals surface area contributed by atoms with E-state index in [1.165, 1.54) is 12.1 Å². The fraction of sp³-hybridized carbons (Fsp3) is 0.500. The third kappa shape index (κ3) is 4.58. The summed E-state index contributed by atoms with van der Waals surface area (Å²) in [4.78, 5) is 14.7. The SMILES string of the molecule is CCCOCCCNc1nc(C(=O)O)ccc1N. The van der Waals surface area contributed by atoms with E-state index < -0.39 is 5.97 Å². The van der Waals surface area contributed by atoms with Gasteiger partial charge >= 0.3 is 5.97 Å². The van der Waals surface area contributed by atoms with Crippen LogP contribution in [0.15, 0.2) is 12.1 Å². The fourth-order valence-electron chi connectivity index (χ4n) is 1.36. The molecule has 0 atom stereocenters. The topological polar surface area (TPSA) is 97.5 Å². The molecule has 0 spiro atoms. The molecule has 4 N–H and O–H groups in total. The van der Waals surface area contributed by atoms with Crippen LogP contribution in [0.5, 0.6) is 0 Å². The first-order chi connectivity index (χ1) is 8.65. The van der Waals surface area contributed by atoms with Crippen LogP contribution in [0, 0.1) is 0 Å². The number of hydrogen-bond acceptors (Lipinski definition) is 5. The Hall–Kier alpha value is -1.82. The first kappa shape index (κ1) is 14.2. The Kier molecular flexibility index (Phi) is 5.93. The van der Waals surface area contributed by atoms with Crippen molar-refractivity contribution in [2.24, 2.45) is 0 Å². The zero-order valence-corrected chi connectivity index (χ0v) is 10.5. The second-order valence-corrected chi connectivity index (χ2v) is 3.83. The number of carbonyl (C=O) groups is 1. The van der Waals surface area contributed by atoms with Gasteiger partial charge in [0.2, 0.25) is 0 Å². The van der Waals surface area contributed by atoms with Crippen molar-refractivity contribution in [2.75, 3.05) is 30.8 Å². The van der Waals surface area contributed by atoms with Gasteiger partial charge in [-0.3, -0.25) is 0 Å². The van der Waals surface area contributed by atoms with Crippen molar-refractivity contribution in [2.45, 2.75) is 19.8 Å². The number of carboxylic acid groups (broad SMARTS) is 1. The molecule has 100 valence electrons. The zero-order valence-electron chi connectivity index (χ0n) is 10.5. The molecule has 0 fully saturated rings. The van der Waals surface area contributed by atoms with E-state index in [9.17, 15) is 4.79 Å². The molecule has 1 aromatic rings. The maximum Gasteiger partial charge on any atom is 0.354 e. The van der Waals surface area contributed by atoms with E-state index in [0.717, 1.165) is 19.4 Å². The van der Waals surface area contributed by atoms with Crippen LogP contribution in [0.3, 0.4) is 0 Å². The van der Waals surface area contributed by atoms with E-state index in [4.69, 9.17) is 15.6 Å². The van der Waals surface area contributed by atoms with Crippen LogP contribution in [-0.4, -0.2) is 35.8 Å². The third-order valence-electron chi connectivity index (χ3n) is 2.25. The van der Waals surface area contributed by atoms with Gasteiger partial charge in [-0.25, -0.2) is 9.78 Å². The van der Waals surface area contributed by atoms with Crippen molar-refractivity contribution in [1.29, 1.82) is 0 Å². The van der Waals surface area contributed by atoms with Gasteiger partial charge in [0.25, 0.3) is 0 Å². The summed E-state index contributed by atoms with van der Waals surface area (Å²) in [5.74, 6) is -0.658. The van der Waals surface area contributed by atoms with Gasteiger partial charge in [0, 0.05) is 19.8 Å². The van der Waals surface area contributed by atoms with Crippen LogP contribution in [0.2, 0.25) is 0 Å². The summed E-state index contributed by atoms with van der Waals surface area (Å²) in [5.41, 5.74) is 6.12. The third-order valence-corrected chi connectivity index (χ3v) is 2.25. The number of aromatic carboxylic acids is 1. The molecule has 0 saturated heterocycles. The quantitative estimate of drug-likeness (QED) is 0.609. The summed E-state index contributed by atoms with van der Waals surface area (Å²) in [6.07, 6.45) is 1.82. The first-order valence-electron chi connectivity index (χ1n) is 5.96. The lowest BCUT2D eigenvalue weighted by atomic mass is 10.3. The lowest BCUT2D eigenvalue weighted by molar-refractivity contribution is 0.0690. The van der Waals surface area contributed by atoms with Gasteiger partial charge < -0.3 is 20.9 Å². The summed E-state index contributed by atoms with van der Waals surface area (Å²) in [6, 6.07) is 2.92. The molecule has 0 amide bonds. The van der Waals surface area contributed by atoms with Crippen LogP contribution in [0.4, 0.5) is 11.5 Å². The maximum absolute atomic E-state index is 10.8. The molecule has 1 aromatic heterocycles. The summed E-state index contributed by atoms with van der Waals surface area (Å²) in [5, 5.41) is 11.8. The normalized spacial score (nSPS) is 10.3. The molecule has 0 aliphatic rings. The number of nitrogens with one attached hydrogen (secondary N) is 1. The van der Waals surface area contributed by atoms with Crippen molar-refractivity contribution in [1.82, 2.24) is 4.98 Å². The van der Waals surface area contributed by atoms with E-state index >= 15 is 0 Å². The summed E-state index contributed by atoms with van der Waals surface area (Å²) < 4.78 is 5.33. The largest absolute Gasteiger partial charge is 0.477 e. The van der Waals surface area contributed by atoms with Gasteiger partial charge in [0.15, 0.2) is 5.69 Å².